The highest BCUT2D eigenvalue weighted by molar-refractivity contribution is 5.66. The molecule has 0 spiro atoms. The number of esters is 1. The maximum absolute atomic E-state index is 12.6. The highest BCUT2D eigenvalue weighted by atomic mass is 16.6. The summed E-state index contributed by atoms with van der Waals surface area (Å²) in [6, 6.07) is 9.19. The number of pyridine rings is 1. The van der Waals surface area contributed by atoms with Crippen LogP contribution in [0.1, 0.15) is 43.5 Å². The Morgan fingerprint density at radius 2 is 2.11 bits per heavy atom. The van der Waals surface area contributed by atoms with Crippen LogP contribution in [0.5, 0.6) is 5.75 Å². The van der Waals surface area contributed by atoms with E-state index in [1.807, 2.05) is 0 Å². The molecule has 0 saturated carbocycles. The summed E-state index contributed by atoms with van der Waals surface area (Å²) < 4.78 is 13.0. The molecule has 3 rings (SSSR count). The average Bonchev–Trinajstić information content (AvgIpc) is 2.62. The molecule has 27 heavy (non-hydrogen) atoms. The molecule has 0 aliphatic carbocycles. The summed E-state index contributed by atoms with van der Waals surface area (Å²) in [5, 5.41) is 18.7. The number of rotatable bonds is 3. The largest absolute Gasteiger partial charge is 0.484 e. The molecule has 1 aliphatic heterocycles. The third kappa shape index (κ3) is 3.44. The van der Waals surface area contributed by atoms with Crippen molar-refractivity contribution in [2.75, 3.05) is 0 Å². The van der Waals surface area contributed by atoms with Crippen LogP contribution in [0.15, 0.2) is 41.3 Å². The van der Waals surface area contributed by atoms with E-state index < -0.39 is 23.7 Å². The van der Waals surface area contributed by atoms with Crippen LogP contribution in [0, 0.1) is 11.3 Å². The minimum atomic E-state index is -0.924. The monoisotopic (exact) mass is 368 g/mol. The van der Waals surface area contributed by atoms with Gasteiger partial charge in [0.2, 0.25) is 0 Å². The van der Waals surface area contributed by atoms with Gasteiger partial charge in [-0.1, -0.05) is 0 Å². The molecule has 1 aliphatic rings. The Hall–Kier alpha value is -3.11. The van der Waals surface area contributed by atoms with Gasteiger partial charge in [-0.05, 0) is 43.7 Å². The van der Waals surface area contributed by atoms with Gasteiger partial charge in [0, 0.05) is 24.8 Å². The average molecular weight is 368 g/mol. The Balaban J connectivity index is 2.30. The van der Waals surface area contributed by atoms with E-state index in [1.54, 1.807) is 32.0 Å². The third-order valence-electron chi connectivity index (χ3n) is 4.58. The van der Waals surface area contributed by atoms with Crippen molar-refractivity contribution in [3.8, 4) is 11.8 Å². The molecule has 0 amide bonds. The first kappa shape index (κ1) is 18.7. The summed E-state index contributed by atoms with van der Waals surface area (Å²) in [5.41, 5.74) is 0.261. The van der Waals surface area contributed by atoms with Gasteiger partial charge in [-0.25, -0.2) is 0 Å². The number of carbonyl (C=O) groups is 1. The summed E-state index contributed by atoms with van der Waals surface area (Å²) in [6.07, 6.45) is 0.719. The molecular formula is C20H20N2O5. The molecule has 0 unspecified atom stereocenters. The van der Waals surface area contributed by atoms with E-state index in [4.69, 9.17) is 9.47 Å². The van der Waals surface area contributed by atoms with Gasteiger partial charge in [0.1, 0.15) is 17.4 Å². The highest BCUT2D eigenvalue weighted by Crippen LogP contribution is 2.43. The second-order valence-corrected chi connectivity index (χ2v) is 6.99. The number of nitrogens with zero attached hydrogens (tertiary/aromatic N) is 2. The van der Waals surface area contributed by atoms with Crippen molar-refractivity contribution in [2.24, 2.45) is 0 Å². The van der Waals surface area contributed by atoms with Crippen LogP contribution in [0.2, 0.25) is 0 Å². The first-order valence-electron chi connectivity index (χ1n) is 8.49. The third-order valence-corrected chi connectivity index (χ3v) is 4.58. The molecule has 7 heteroatoms. The molecule has 140 valence electrons. The topological polar surface area (TPSA) is 102 Å². The molecule has 1 aromatic carbocycles. The van der Waals surface area contributed by atoms with Crippen molar-refractivity contribution in [1.82, 2.24) is 4.57 Å². The summed E-state index contributed by atoms with van der Waals surface area (Å²) in [4.78, 5) is 24.4. The molecule has 0 bridgehead atoms. The number of ether oxygens (including phenoxy) is 2. The Bertz CT molecular complexity index is 987. The van der Waals surface area contributed by atoms with E-state index in [0.717, 1.165) is 0 Å². The van der Waals surface area contributed by atoms with Crippen molar-refractivity contribution in [3.05, 3.63) is 63.6 Å². The standard InChI is InChI=1S/C20H20N2O5/c1-12(24)26-19-18(22-10-14(11-23)5-7-17(22)25)15-8-13(9-21)4-6-16(15)27-20(19,2)3/h4-8,10,18-19,23H,11H2,1-3H3/t18-,19+/m0/s1. The van der Waals surface area contributed by atoms with Gasteiger partial charge in [0.15, 0.2) is 6.10 Å². The van der Waals surface area contributed by atoms with Crippen molar-refractivity contribution in [1.29, 1.82) is 5.26 Å². The summed E-state index contributed by atoms with van der Waals surface area (Å²) in [5.74, 6) is 0.00151. The van der Waals surface area contributed by atoms with Gasteiger partial charge >= 0.3 is 5.97 Å². The summed E-state index contributed by atoms with van der Waals surface area (Å²) in [6.45, 7) is 4.60. The fourth-order valence-electron chi connectivity index (χ4n) is 3.37. The van der Waals surface area contributed by atoms with Crippen LogP contribution in [0.3, 0.4) is 0 Å². The Morgan fingerprint density at radius 1 is 1.37 bits per heavy atom. The number of carbonyl (C=O) groups excluding carboxylic acids is 1. The number of aromatic nitrogens is 1. The van der Waals surface area contributed by atoms with Gasteiger partial charge in [-0.15, -0.1) is 0 Å². The lowest BCUT2D eigenvalue weighted by molar-refractivity contribution is -0.163. The number of hydrogen-bond acceptors (Lipinski definition) is 6. The van der Waals surface area contributed by atoms with E-state index in [1.165, 1.54) is 29.8 Å². The van der Waals surface area contributed by atoms with Gasteiger partial charge in [0.05, 0.1) is 18.2 Å². The summed E-state index contributed by atoms with van der Waals surface area (Å²) >= 11 is 0. The maximum Gasteiger partial charge on any atom is 0.303 e. The smallest absolute Gasteiger partial charge is 0.303 e. The van der Waals surface area contributed by atoms with Gasteiger partial charge in [0.25, 0.3) is 5.56 Å². The number of nitriles is 1. The number of aliphatic hydroxyl groups excluding tert-OH is 1. The molecule has 0 saturated heterocycles. The lowest BCUT2D eigenvalue weighted by atomic mass is 9.85. The molecule has 7 nitrogen and oxygen atoms in total. The second-order valence-electron chi connectivity index (χ2n) is 6.99. The van der Waals surface area contributed by atoms with Crippen LogP contribution < -0.4 is 10.3 Å². The van der Waals surface area contributed by atoms with Crippen molar-refractivity contribution in [2.45, 2.75) is 45.1 Å². The van der Waals surface area contributed by atoms with Crippen LogP contribution in [-0.4, -0.2) is 27.3 Å². The molecule has 1 aromatic heterocycles. The van der Waals surface area contributed by atoms with E-state index in [0.29, 0.717) is 22.4 Å². The fourth-order valence-corrected chi connectivity index (χ4v) is 3.37. The minimum absolute atomic E-state index is 0.240. The van der Waals surface area contributed by atoms with Crippen LogP contribution >= 0.6 is 0 Å². The number of benzene rings is 1. The molecule has 0 radical (unpaired) electrons. The van der Waals surface area contributed by atoms with Gasteiger partial charge < -0.3 is 19.1 Å². The van der Waals surface area contributed by atoms with Crippen LogP contribution in [-0.2, 0) is 16.1 Å². The lowest BCUT2D eigenvalue weighted by Crippen LogP contribution is -2.54. The highest BCUT2D eigenvalue weighted by Gasteiger charge is 2.47. The zero-order chi connectivity index (χ0) is 19.8. The van der Waals surface area contributed by atoms with Crippen LogP contribution in [0.4, 0.5) is 0 Å². The zero-order valence-corrected chi connectivity index (χ0v) is 15.3. The predicted molar refractivity (Wildman–Crippen MR) is 96.2 cm³/mol. The minimum Gasteiger partial charge on any atom is -0.484 e. The molecule has 1 N–H and O–H groups in total. The van der Waals surface area contributed by atoms with Gasteiger partial charge in [-0.3, -0.25) is 9.59 Å². The Labute approximate surface area is 156 Å². The van der Waals surface area contributed by atoms with Crippen molar-refractivity contribution < 1.29 is 19.4 Å². The normalized spacial score (nSPS) is 20.1. The van der Waals surface area contributed by atoms with Crippen molar-refractivity contribution >= 4 is 5.97 Å². The first-order valence-corrected chi connectivity index (χ1v) is 8.49. The van der Waals surface area contributed by atoms with Crippen molar-refractivity contribution in [3.63, 3.8) is 0 Å². The lowest BCUT2D eigenvalue weighted by Gasteiger charge is -2.44. The maximum atomic E-state index is 12.6. The van der Waals surface area contributed by atoms with E-state index in [9.17, 15) is 20.0 Å². The molecular weight excluding hydrogens is 348 g/mol. The number of aliphatic hydroxyl groups is 1. The molecule has 0 fully saturated rings. The predicted octanol–water partition coefficient (Wildman–Crippen LogP) is 1.90. The Kier molecular flexibility index (Phi) is 4.77. The van der Waals surface area contributed by atoms with E-state index in [-0.39, 0.29) is 12.2 Å². The summed E-state index contributed by atoms with van der Waals surface area (Å²) in [7, 11) is 0. The van der Waals surface area contributed by atoms with Gasteiger partial charge in [-0.2, -0.15) is 5.26 Å². The first-order chi connectivity index (χ1) is 12.8. The quantitative estimate of drug-likeness (QED) is 0.831. The SMILES string of the molecule is CC(=O)O[C@@H]1[C@@H](n2cc(CO)ccc2=O)c2cc(C#N)ccc2OC1(C)C. The molecule has 2 atom stereocenters. The fraction of sp³-hybridized carbons (Fsp3) is 0.350. The zero-order valence-electron chi connectivity index (χ0n) is 15.3. The number of fused-ring (bicyclic) bond motifs is 1. The number of hydrogen-bond donors (Lipinski definition) is 1. The second kappa shape index (κ2) is 6.89. The molecule has 2 aromatic rings. The molecule has 2 heterocycles. The Morgan fingerprint density at radius 3 is 2.74 bits per heavy atom. The van der Waals surface area contributed by atoms with Crippen LogP contribution in [0.25, 0.3) is 0 Å². The van der Waals surface area contributed by atoms with E-state index >= 15 is 0 Å². The van der Waals surface area contributed by atoms with E-state index in [2.05, 4.69) is 6.07 Å².